The molecule has 2 aliphatic rings. The Balaban J connectivity index is 1.30. The molecule has 5 aromatic rings. The van der Waals surface area contributed by atoms with E-state index in [-0.39, 0.29) is 12.0 Å². The third-order valence-electron chi connectivity index (χ3n) is 7.18. The topological polar surface area (TPSA) is 41.9 Å². The Kier molecular flexibility index (Phi) is 5.71. The molecule has 3 aromatic heterocycles. The van der Waals surface area contributed by atoms with Crippen molar-refractivity contribution in [2.75, 3.05) is 4.90 Å². The van der Waals surface area contributed by atoms with E-state index in [9.17, 15) is 0 Å². The highest BCUT2D eigenvalue weighted by Crippen LogP contribution is 2.47. The minimum atomic E-state index is 0.188. The Morgan fingerprint density at radius 1 is 0.632 bits per heavy atom. The van der Waals surface area contributed by atoms with Crippen molar-refractivity contribution < 1.29 is 0 Å². The van der Waals surface area contributed by atoms with Gasteiger partial charge in [-0.05, 0) is 83.9 Å². The van der Waals surface area contributed by atoms with E-state index in [2.05, 4.69) is 97.6 Å². The number of allylic oxidation sites excluding steroid dienone is 2. The summed E-state index contributed by atoms with van der Waals surface area (Å²) in [7, 11) is 0. The highest BCUT2D eigenvalue weighted by molar-refractivity contribution is 9.11. The molecule has 2 atom stereocenters. The lowest BCUT2D eigenvalue weighted by Gasteiger charge is -2.29. The minimum absolute atomic E-state index is 0.188. The number of anilines is 2. The van der Waals surface area contributed by atoms with Crippen LogP contribution in [0.5, 0.6) is 0 Å². The van der Waals surface area contributed by atoms with Gasteiger partial charge < -0.3 is 4.90 Å². The van der Waals surface area contributed by atoms with E-state index in [1.165, 1.54) is 0 Å². The van der Waals surface area contributed by atoms with Gasteiger partial charge in [0.15, 0.2) is 0 Å². The maximum Gasteiger partial charge on any atom is 0.0733 e. The molecule has 2 unspecified atom stereocenters. The quantitative estimate of drug-likeness (QED) is 0.224. The van der Waals surface area contributed by atoms with Crippen LogP contribution in [0.2, 0.25) is 0 Å². The standard InChI is InChI=1S/C33H23BrN4/c34-26-11-14-28-32(21-26)38(31-8-5-17-37-33(28)31)27-12-9-22(10-13-27)23-18-24(29-6-1-3-15-35-29)20-25(19-23)30-7-2-4-16-36-30/h1-21,28,32H. The van der Waals surface area contributed by atoms with Crippen LogP contribution in [0.15, 0.2) is 132 Å². The summed E-state index contributed by atoms with van der Waals surface area (Å²) in [6, 6.07) is 31.8. The van der Waals surface area contributed by atoms with Crippen LogP contribution in [0.4, 0.5) is 11.4 Å². The van der Waals surface area contributed by atoms with E-state index in [1.54, 1.807) is 0 Å². The van der Waals surface area contributed by atoms with Crippen molar-refractivity contribution in [3.63, 3.8) is 0 Å². The average Bonchev–Trinajstić information content (AvgIpc) is 3.31. The molecule has 0 N–H and O–H groups in total. The van der Waals surface area contributed by atoms with Gasteiger partial charge in [0.25, 0.3) is 0 Å². The molecule has 2 aromatic carbocycles. The smallest absolute Gasteiger partial charge is 0.0733 e. The van der Waals surface area contributed by atoms with Gasteiger partial charge in [-0.3, -0.25) is 15.0 Å². The van der Waals surface area contributed by atoms with Gasteiger partial charge >= 0.3 is 0 Å². The number of nitrogens with zero attached hydrogens (tertiary/aromatic N) is 4. The van der Waals surface area contributed by atoms with Crippen LogP contribution in [0.3, 0.4) is 0 Å². The average molecular weight is 555 g/mol. The molecule has 1 aliphatic carbocycles. The zero-order chi connectivity index (χ0) is 25.5. The summed E-state index contributed by atoms with van der Waals surface area (Å²) in [6.45, 7) is 0. The summed E-state index contributed by atoms with van der Waals surface area (Å²) in [5.41, 5.74) is 9.73. The van der Waals surface area contributed by atoms with Crippen LogP contribution in [0.25, 0.3) is 33.6 Å². The molecule has 1 aliphatic heterocycles. The Hall–Kier alpha value is -4.35. The lowest BCUT2D eigenvalue weighted by atomic mass is 9.94. The fourth-order valence-electron chi connectivity index (χ4n) is 5.43. The van der Waals surface area contributed by atoms with Crippen molar-refractivity contribution in [2.24, 2.45) is 0 Å². The van der Waals surface area contributed by atoms with Crippen LogP contribution >= 0.6 is 15.9 Å². The molecule has 0 spiro atoms. The Bertz CT molecular complexity index is 1620. The van der Waals surface area contributed by atoms with E-state index in [1.807, 2.05) is 61.1 Å². The Labute approximate surface area is 230 Å². The van der Waals surface area contributed by atoms with E-state index < -0.39 is 0 Å². The summed E-state index contributed by atoms with van der Waals surface area (Å²) in [5, 5.41) is 0. The summed E-state index contributed by atoms with van der Waals surface area (Å²) < 4.78 is 1.10. The number of hydrogen-bond donors (Lipinski definition) is 0. The lowest BCUT2D eigenvalue weighted by molar-refractivity contribution is 0.731. The first-order valence-electron chi connectivity index (χ1n) is 12.6. The molecular weight excluding hydrogens is 532 g/mol. The number of aromatic nitrogens is 3. The number of rotatable bonds is 4. The summed E-state index contributed by atoms with van der Waals surface area (Å²) >= 11 is 3.68. The first-order chi connectivity index (χ1) is 18.7. The Morgan fingerprint density at radius 2 is 1.29 bits per heavy atom. The zero-order valence-electron chi connectivity index (χ0n) is 20.4. The van der Waals surface area contributed by atoms with Gasteiger partial charge in [0.05, 0.1) is 28.8 Å². The van der Waals surface area contributed by atoms with Crippen LogP contribution in [0, 0.1) is 0 Å². The second-order valence-electron chi connectivity index (χ2n) is 9.48. The van der Waals surface area contributed by atoms with Crippen molar-refractivity contribution in [1.82, 2.24) is 15.0 Å². The molecule has 4 nitrogen and oxygen atoms in total. The fraction of sp³-hybridized carbons (Fsp3) is 0.0606. The minimum Gasteiger partial charge on any atom is -0.332 e. The molecule has 0 bridgehead atoms. The summed E-state index contributed by atoms with van der Waals surface area (Å²) in [5.74, 6) is 0.239. The van der Waals surface area contributed by atoms with Crippen LogP contribution in [-0.2, 0) is 0 Å². The molecular formula is C33H23BrN4. The van der Waals surface area contributed by atoms with Gasteiger partial charge in [-0.25, -0.2) is 0 Å². The van der Waals surface area contributed by atoms with Crippen LogP contribution in [0.1, 0.15) is 11.6 Å². The van der Waals surface area contributed by atoms with E-state index in [0.717, 1.165) is 55.2 Å². The largest absolute Gasteiger partial charge is 0.332 e. The maximum absolute atomic E-state index is 4.74. The van der Waals surface area contributed by atoms with Gasteiger partial charge in [-0.1, -0.05) is 52.3 Å². The van der Waals surface area contributed by atoms with E-state index in [4.69, 9.17) is 4.98 Å². The van der Waals surface area contributed by atoms with Gasteiger partial charge in [0.2, 0.25) is 0 Å². The first-order valence-corrected chi connectivity index (χ1v) is 13.4. The van der Waals surface area contributed by atoms with Gasteiger partial charge in [-0.15, -0.1) is 0 Å². The van der Waals surface area contributed by atoms with Crippen molar-refractivity contribution in [2.45, 2.75) is 12.0 Å². The molecule has 7 rings (SSSR count). The molecule has 0 fully saturated rings. The van der Waals surface area contributed by atoms with Crippen molar-refractivity contribution in [1.29, 1.82) is 0 Å². The van der Waals surface area contributed by atoms with Gasteiger partial charge in [-0.2, -0.15) is 0 Å². The van der Waals surface area contributed by atoms with E-state index >= 15 is 0 Å². The predicted molar refractivity (Wildman–Crippen MR) is 157 cm³/mol. The number of pyridine rings is 3. The normalized spacial score (nSPS) is 17.6. The number of benzene rings is 2. The highest BCUT2D eigenvalue weighted by atomic mass is 79.9. The predicted octanol–water partition coefficient (Wildman–Crippen LogP) is 8.33. The molecule has 0 amide bonds. The summed E-state index contributed by atoms with van der Waals surface area (Å²) in [4.78, 5) is 16.3. The number of fused-ring (bicyclic) bond motifs is 3. The zero-order valence-corrected chi connectivity index (χ0v) is 22.0. The lowest BCUT2D eigenvalue weighted by Crippen LogP contribution is -2.28. The maximum atomic E-state index is 4.74. The van der Waals surface area contributed by atoms with E-state index in [0.29, 0.717) is 0 Å². The number of hydrogen-bond acceptors (Lipinski definition) is 4. The molecule has 0 saturated heterocycles. The molecule has 182 valence electrons. The monoisotopic (exact) mass is 554 g/mol. The SMILES string of the molecule is BrC1=CC2C(C=C1)c1ncccc1N2c1ccc(-c2cc(-c3ccccn3)cc(-c3ccccn3)c2)cc1. The number of halogens is 1. The third kappa shape index (κ3) is 4.05. The molecule has 4 heterocycles. The van der Waals surface area contributed by atoms with Crippen molar-refractivity contribution in [3.8, 4) is 33.6 Å². The van der Waals surface area contributed by atoms with Crippen LogP contribution < -0.4 is 4.90 Å². The molecule has 0 saturated carbocycles. The third-order valence-corrected chi connectivity index (χ3v) is 7.71. The highest BCUT2D eigenvalue weighted by Gasteiger charge is 2.39. The second kappa shape index (κ2) is 9.51. The van der Waals surface area contributed by atoms with Crippen molar-refractivity contribution in [3.05, 3.63) is 138 Å². The fourth-order valence-corrected chi connectivity index (χ4v) is 5.86. The molecule has 0 radical (unpaired) electrons. The van der Waals surface area contributed by atoms with Crippen molar-refractivity contribution >= 4 is 27.3 Å². The molecule has 38 heavy (non-hydrogen) atoms. The first kappa shape index (κ1) is 22.8. The van der Waals surface area contributed by atoms with Gasteiger partial charge in [0, 0.05) is 45.8 Å². The van der Waals surface area contributed by atoms with Gasteiger partial charge in [0.1, 0.15) is 0 Å². The van der Waals surface area contributed by atoms with Crippen LogP contribution in [-0.4, -0.2) is 21.0 Å². The summed E-state index contributed by atoms with van der Waals surface area (Å²) in [6.07, 6.45) is 12.2. The Morgan fingerprint density at radius 3 is 1.95 bits per heavy atom. The second-order valence-corrected chi connectivity index (χ2v) is 10.4. The molecule has 5 heteroatoms.